The normalized spacial score (nSPS) is 11.1. The predicted octanol–water partition coefficient (Wildman–Crippen LogP) is 3.16. The Morgan fingerprint density at radius 3 is 2.85 bits per heavy atom. The number of carbonyl (C=O) groups excluding carboxylic acids is 1. The molecule has 0 saturated carbocycles. The van der Waals surface area contributed by atoms with Crippen molar-refractivity contribution in [2.24, 2.45) is 0 Å². The number of furan rings is 1. The predicted molar refractivity (Wildman–Crippen MR) is 95.2 cm³/mol. The van der Waals surface area contributed by atoms with Crippen LogP contribution in [-0.2, 0) is 24.3 Å². The summed E-state index contributed by atoms with van der Waals surface area (Å²) in [4.78, 5) is 12.5. The molecule has 0 radical (unpaired) electrons. The largest absolute Gasteiger partial charge is 0.467 e. The summed E-state index contributed by atoms with van der Waals surface area (Å²) >= 11 is 0. The number of hydrogen-bond acceptors (Lipinski definition) is 5. The molecule has 0 bridgehead atoms. The van der Waals surface area contributed by atoms with Crippen LogP contribution in [0.5, 0.6) is 0 Å². The number of nitrogens with one attached hydrogen (secondary N) is 1. The molecule has 4 rings (SSSR count). The van der Waals surface area contributed by atoms with Crippen LogP contribution in [0.15, 0.2) is 57.6 Å². The fourth-order valence-electron chi connectivity index (χ4n) is 2.86. The van der Waals surface area contributed by atoms with Crippen LogP contribution in [-0.4, -0.2) is 20.7 Å². The van der Waals surface area contributed by atoms with E-state index >= 15 is 0 Å². The summed E-state index contributed by atoms with van der Waals surface area (Å²) in [6, 6.07) is 13.4. The number of hydrogen-bond donors (Lipinski definition) is 1. The van der Waals surface area contributed by atoms with Crippen LogP contribution in [0.2, 0.25) is 0 Å². The maximum absolute atomic E-state index is 12.5. The second kappa shape index (κ2) is 6.87. The van der Waals surface area contributed by atoms with Crippen molar-refractivity contribution >= 4 is 16.8 Å². The van der Waals surface area contributed by atoms with Crippen LogP contribution in [0.25, 0.3) is 22.5 Å². The first-order valence-corrected chi connectivity index (χ1v) is 8.44. The Hall–Kier alpha value is -3.35. The standard InChI is InChI=1S/C19H18N4O3/c1-2-18-21-22-19(26-18)16-10-13-6-3-4-8-15(13)23(16)12-17(24)20-11-14-7-5-9-25-14/h3-10H,2,11-12H2,1H3,(H,20,24). The van der Waals surface area contributed by atoms with Gasteiger partial charge in [0.25, 0.3) is 5.89 Å². The number of para-hydroxylation sites is 1. The van der Waals surface area contributed by atoms with Gasteiger partial charge in [0.15, 0.2) is 0 Å². The lowest BCUT2D eigenvalue weighted by Gasteiger charge is -2.09. The average Bonchev–Trinajstić information content (AvgIpc) is 3.40. The maximum Gasteiger partial charge on any atom is 0.264 e. The number of amides is 1. The molecule has 3 heterocycles. The number of carbonyl (C=O) groups is 1. The highest BCUT2D eigenvalue weighted by Crippen LogP contribution is 2.27. The molecule has 7 nitrogen and oxygen atoms in total. The van der Waals surface area contributed by atoms with Crippen LogP contribution in [0, 0.1) is 0 Å². The van der Waals surface area contributed by atoms with Gasteiger partial charge in [0, 0.05) is 17.3 Å². The van der Waals surface area contributed by atoms with E-state index in [1.165, 1.54) is 0 Å². The minimum atomic E-state index is -0.126. The zero-order valence-corrected chi connectivity index (χ0v) is 14.3. The quantitative estimate of drug-likeness (QED) is 0.577. The van der Waals surface area contributed by atoms with Crippen LogP contribution in [0.1, 0.15) is 18.6 Å². The van der Waals surface area contributed by atoms with E-state index in [1.54, 1.807) is 12.3 Å². The van der Waals surface area contributed by atoms with Crippen molar-refractivity contribution in [3.8, 4) is 11.6 Å². The summed E-state index contributed by atoms with van der Waals surface area (Å²) < 4.78 is 12.8. The summed E-state index contributed by atoms with van der Waals surface area (Å²) in [5.74, 6) is 1.57. The van der Waals surface area contributed by atoms with E-state index in [2.05, 4.69) is 15.5 Å². The van der Waals surface area contributed by atoms with Gasteiger partial charge in [-0.3, -0.25) is 4.79 Å². The van der Waals surface area contributed by atoms with Crippen molar-refractivity contribution in [3.63, 3.8) is 0 Å². The van der Waals surface area contributed by atoms with E-state index in [-0.39, 0.29) is 12.5 Å². The monoisotopic (exact) mass is 350 g/mol. The molecule has 0 fully saturated rings. The van der Waals surface area contributed by atoms with Gasteiger partial charge in [-0.25, -0.2) is 0 Å². The SMILES string of the molecule is CCc1nnc(-c2cc3ccccc3n2CC(=O)NCc2ccco2)o1. The third-order valence-corrected chi connectivity index (χ3v) is 4.14. The molecular formula is C19H18N4O3. The van der Waals surface area contributed by atoms with E-state index in [4.69, 9.17) is 8.83 Å². The number of aromatic nitrogens is 3. The van der Waals surface area contributed by atoms with Gasteiger partial charge in [-0.2, -0.15) is 0 Å². The van der Waals surface area contributed by atoms with Crippen molar-refractivity contribution in [1.29, 1.82) is 0 Å². The third kappa shape index (κ3) is 3.11. The molecule has 0 atom stereocenters. The van der Waals surface area contributed by atoms with Crippen molar-refractivity contribution in [2.75, 3.05) is 0 Å². The van der Waals surface area contributed by atoms with Gasteiger partial charge in [-0.1, -0.05) is 25.1 Å². The Bertz CT molecular complexity index is 1030. The van der Waals surface area contributed by atoms with E-state index in [9.17, 15) is 4.79 Å². The molecule has 0 aliphatic rings. The Kier molecular flexibility index (Phi) is 4.27. The first-order chi connectivity index (χ1) is 12.7. The fraction of sp³-hybridized carbons (Fsp3) is 0.211. The summed E-state index contributed by atoms with van der Waals surface area (Å²) in [6.07, 6.45) is 2.25. The molecule has 0 aliphatic carbocycles. The highest BCUT2D eigenvalue weighted by atomic mass is 16.4. The highest BCUT2D eigenvalue weighted by molar-refractivity contribution is 5.88. The second-order valence-electron chi connectivity index (χ2n) is 5.89. The van der Waals surface area contributed by atoms with Crippen molar-refractivity contribution in [2.45, 2.75) is 26.4 Å². The van der Waals surface area contributed by atoms with Crippen LogP contribution < -0.4 is 5.32 Å². The molecule has 0 aliphatic heterocycles. The molecule has 1 amide bonds. The van der Waals surface area contributed by atoms with Gasteiger partial charge in [0.2, 0.25) is 11.8 Å². The zero-order chi connectivity index (χ0) is 17.9. The van der Waals surface area contributed by atoms with Crippen molar-refractivity contribution in [3.05, 3.63) is 60.4 Å². The molecule has 132 valence electrons. The summed E-state index contributed by atoms with van der Waals surface area (Å²) in [5.41, 5.74) is 1.67. The van der Waals surface area contributed by atoms with Crippen molar-refractivity contribution in [1.82, 2.24) is 20.1 Å². The Labute approximate surface area is 149 Å². The van der Waals surface area contributed by atoms with Gasteiger partial charge >= 0.3 is 0 Å². The van der Waals surface area contributed by atoms with E-state index < -0.39 is 0 Å². The summed E-state index contributed by atoms with van der Waals surface area (Å²) in [5, 5.41) is 12.0. The molecule has 7 heteroatoms. The number of nitrogens with zero attached hydrogens (tertiary/aromatic N) is 3. The van der Waals surface area contributed by atoms with Crippen LogP contribution in [0.4, 0.5) is 0 Å². The minimum absolute atomic E-state index is 0.126. The molecule has 1 N–H and O–H groups in total. The van der Waals surface area contributed by atoms with Crippen LogP contribution >= 0.6 is 0 Å². The summed E-state index contributed by atoms with van der Waals surface area (Å²) in [6.45, 7) is 2.45. The molecule has 0 unspecified atom stereocenters. The number of aryl methyl sites for hydroxylation is 1. The number of fused-ring (bicyclic) bond motifs is 1. The lowest BCUT2D eigenvalue weighted by Crippen LogP contribution is -2.27. The van der Waals surface area contributed by atoms with E-state index in [1.807, 2.05) is 47.9 Å². The first kappa shape index (κ1) is 16.1. The van der Waals surface area contributed by atoms with Gasteiger partial charge in [-0.05, 0) is 24.3 Å². The average molecular weight is 350 g/mol. The second-order valence-corrected chi connectivity index (χ2v) is 5.89. The topological polar surface area (TPSA) is 86.1 Å². The number of rotatable bonds is 6. The van der Waals surface area contributed by atoms with E-state index in [0.717, 1.165) is 16.6 Å². The first-order valence-electron chi connectivity index (χ1n) is 8.44. The molecule has 4 aromatic rings. The fourth-order valence-corrected chi connectivity index (χ4v) is 2.86. The lowest BCUT2D eigenvalue weighted by molar-refractivity contribution is -0.121. The molecular weight excluding hydrogens is 332 g/mol. The van der Waals surface area contributed by atoms with Crippen LogP contribution in [0.3, 0.4) is 0 Å². The smallest absolute Gasteiger partial charge is 0.264 e. The molecule has 26 heavy (non-hydrogen) atoms. The Morgan fingerprint density at radius 1 is 1.19 bits per heavy atom. The third-order valence-electron chi connectivity index (χ3n) is 4.14. The highest BCUT2D eigenvalue weighted by Gasteiger charge is 2.18. The Morgan fingerprint density at radius 2 is 2.08 bits per heavy atom. The van der Waals surface area contributed by atoms with Gasteiger partial charge < -0.3 is 18.7 Å². The minimum Gasteiger partial charge on any atom is -0.467 e. The molecule has 3 aromatic heterocycles. The molecule has 0 saturated heterocycles. The maximum atomic E-state index is 12.5. The Balaban J connectivity index is 1.64. The van der Waals surface area contributed by atoms with Crippen molar-refractivity contribution < 1.29 is 13.6 Å². The molecule has 1 aromatic carbocycles. The molecule has 0 spiro atoms. The number of benzene rings is 1. The summed E-state index contributed by atoms with van der Waals surface area (Å²) in [7, 11) is 0. The van der Waals surface area contributed by atoms with Gasteiger partial charge in [-0.15, -0.1) is 10.2 Å². The lowest BCUT2D eigenvalue weighted by atomic mass is 10.2. The van der Waals surface area contributed by atoms with E-state index in [0.29, 0.717) is 30.5 Å². The van der Waals surface area contributed by atoms with Gasteiger partial charge in [0.1, 0.15) is 18.0 Å². The van der Waals surface area contributed by atoms with Gasteiger partial charge in [0.05, 0.1) is 12.8 Å². The zero-order valence-electron chi connectivity index (χ0n) is 14.3.